The number of hydrogen-bond acceptors (Lipinski definition) is 1. The maximum atomic E-state index is 5.87. The van der Waals surface area contributed by atoms with Crippen LogP contribution in [-0.4, -0.2) is 5.60 Å². The summed E-state index contributed by atoms with van der Waals surface area (Å²) in [4.78, 5) is 0. The van der Waals surface area contributed by atoms with E-state index in [-0.39, 0.29) is 5.60 Å². The van der Waals surface area contributed by atoms with E-state index in [0.717, 1.165) is 5.75 Å². The Morgan fingerprint density at radius 1 is 1.36 bits per heavy atom. The summed E-state index contributed by atoms with van der Waals surface area (Å²) in [5.74, 6) is 3.25. The van der Waals surface area contributed by atoms with Crippen LogP contribution in [0.15, 0.2) is 18.2 Å². The Kier molecular flexibility index (Phi) is 3.08. The van der Waals surface area contributed by atoms with Crippen LogP contribution in [0.1, 0.15) is 26.3 Å². The lowest BCUT2D eigenvalue weighted by Crippen LogP contribution is -2.22. The molecule has 0 N–H and O–H groups in total. The van der Waals surface area contributed by atoms with Crippen LogP contribution in [0.3, 0.4) is 0 Å². The average molecular weight is 209 g/mol. The van der Waals surface area contributed by atoms with Gasteiger partial charge in [0.2, 0.25) is 0 Å². The minimum atomic E-state index is -0.223. The van der Waals surface area contributed by atoms with E-state index in [4.69, 9.17) is 22.8 Å². The van der Waals surface area contributed by atoms with Gasteiger partial charge in [0.1, 0.15) is 11.4 Å². The van der Waals surface area contributed by atoms with Crippen LogP contribution in [0.2, 0.25) is 5.02 Å². The van der Waals surface area contributed by atoms with E-state index in [9.17, 15) is 0 Å². The summed E-state index contributed by atoms with van der Waals surface area (Å²) in [7, 11) is 0. The molecule has 1 aromatic carbocycles. The molecule has 14 heavy (non-hydrogen) atoms. The Balaban J connectivity index is 2.97. The molecule has 0 saturated heterocycles. The molecule has 0 unspecified atom stereocenters. The average Bonchev–Trinajstić information content (AvgIpc) is 2.06. The number of hydrogen-bond donors (Lipinski definition) is 0. The number of rotatable bonds is 1. The quantitative estimate of drug-likeness (QED) is 0.642. The summed E-state index contributed by atoms with van der Waals surface area (Å²) in [6, 6.07) is 5.33. The van der Waals surface area contributed by atoms with Crippen molar-refractivity contribution >= 4 is 11.6 Å². The third-order valence-electron chi connectivity index (χ3n) is 1.52. The number of halogens is 1. The minimum absolute atomic E-state index is 0.223. The molecule has 1 rings (SSSR count). The van der Waals surface area contributed by atoms with Gasteiger partial charge in [-0.3, -0.25) is 0 Å². The van der Waals surface area contributed by atoms with Crippen molar-refractivity contribution in [3.63, 3.8) is 0 Å². The molecule has 74 valence electrons. The maximum Gasteiger partial charge on any atom is 0.121 e. The van der Waals surface area contributed by atoms with Crippen molar-refractivity contribution in [2.45, 2.75) is 26.4 Å². The van der Waals surface area contributed by atoms with E-state index in [1.807, 2.05) is 26.8 Å². The molecular formula is C12H13ClO. The van der Waals surface area contributed by atoms with Gasteiger partial charge in [0.15, 0.2) is 0 Å². The topological polar surface area (TPSA) is 9.23 Å². The van der Waals surface area contributed by atoms with E-state index >= 15 is 0 Å². The standard InChI is InChI=1S/C12H13ClO/c1-5-9-8-10(6-7-11(9)13)14-12(2,3)4/h1,6-8H,2-4H3. The van der Waals surface area contributed by atoms with Gasteiger partial charge in [0.25, 0.3) is 0 Å². The SMILES string of the molecule is C#Cc1cc(OC(C)(C)C)ccc1Cl. The van der Waals surface area contributed by atoms with Gasteiger partial charge in [0.05, 0.1) is 5.02 Å². The zero-order chi connectivity index (χ0) is 10.8. The predicted octanol–water partition coefficient (Wildman–Crippen LogP) is 3.50. The third-order valence-corrected chi connectivity index (χ3v) is 1.85. The monoisotopic (exact) mass is 208 g/mol. The number of ether oxygens (including phenoxy) is 1. The molecule has 0 aromatic heterocycles. The van der Waals surface area contributed by atoms with Gasteiger partial charge in [-0.25, -0.2) is 0 Å². The molecule has 0 bridgehead atoms. The highest BCUT2D eigenvalue weighted by molar-refractivity contribution is 6.31. The van der Waals surface area contributed by atoms with E-state index in [2.05, 4.69) is 5.92 Å². The summed E-state index contributed by atoms with van der Waals surface area (Å²) >= 11 is 5.87. The van der Waals surface area contributed by atoms with Crippen LogP contribution in [0.5, 0.6) is 5.75 Å². The summed E-state index contributed by atoms with van der Waals surface area (Å²) in [6.07, 6.45) is 5.29. The largest absolute Gasteiger partial charge is 0.488 e. The van der Waals surface area contributed by atoms with Crippen LogP contribution >= 0.6 is 11.6 Å². The van der Waals surface area contributed by atoms with Gasteiger partial charge in [-0.15, -0.1) is 6.42 Å². The van der Waals surface area contributed by atoms with E-state index in [1.54, 1.807) is 12.1 Å². The van der Waals surface area contributed by atoms with Crippen LogP contribution in [-0.2, 0) is 0 Å². The van der Waals surface area contributed by atoms with Crippen LogP contribution in [0.4, 0.5) is 0 Å². The molecule has 0 heterocycles. The second kappa shape index (κ2) is 3.94. The molecule has 0 atom stereocenters. The highest BCUT2D eigenvalue weighted by Crippen LogP contribution is 2.24. The molecule has 0 amide bonds. The molecule has 0 aliphatic rings. The van der Waals surface area contributed by atoms with Gasteiger partial charge >= 0.3 is 0 Å². The first kappa shape index (κ1) is 10.9. The van der Waals surface area contributed by atoms with E-state index in [1.165, 1.54) is 0 Å². The number of benzene rings is 1. The molecule has 2 heteroatoms. The first-order valence-corrected chi connectivity index (χ1v) is 4.75. The molecule has 0 spiro atoms. The molecule has 0 radical (unpaired) electrons. The second-order valence-electron chi connectivity index (χ2n) is 4.00. The zero-order valence-electron chi connectivity index (χ0n) is 8.60. The van der Waals surface area contributed by atoms with Crippen molar-refractivity contribution in [3.8, 4) is 18.1 Å². The fourth-order valence-corrected chi connectivity index (χ4v) is 1.20. The molecule has 1 nitrogen and oxygen atoms in total. The van der Waals surface area contributed by atoms with Crippen LogP contribution in [0, 0.1) is 12.3 Å². The Labute approximate surface area is 90.0 Å². The first-order valence-electron chi connectivity index (χ1n) is 4.37. The Bertz CT molecular complexity index is 369. The first-order chi connectivity index (χ1) is 6.42. The van der Waals surface area contributed by atoms with E-state index < -0.39 is 0 Å². The van der Waals surface area contributed by atoms with Crippen molar-refractivity contribution < 1.29 is 4.74 Å². The lowest BCUT2D eigenvalue weighted by Gasteiger charge is -2.21. The Hall–Kier alpha value is -1.13. The van der Waals surface area contributed by atoms with Crippen molar-refractivity contribution in [2.24, 2.45) is 0 Å². The molecule has 0 saturated carbocycles. The molecule has 1 aromatic rings. The van der Waals surface area contributed by atoms with Gasteiger partial charge < -0.3 is 4.74 Å². The fraction of sp³-hybridized carbons (Fsp3) is 0.333. The summed E-state index contributed by atoms with van der Waals surface area (Å²) < 4.78 is 5.64. The van der Waals surface area contributed by atoms with Crippen molar-refractivity contribution in [1.82, 2.24) is 0 Å². The van der Waals surface area contributed by atoms with E-state index in [0.29, 0.717) is 10.6 Å². The minimum Gasteiger partial charge on any atom is -0.488 e. The Morgan fingerprint density at radius 2 is 2.00 bits per heavy atom. The lowest BCUT2D eigenvalue weighted by atomic mass is 10.1. The highest BCUT2D eigenvalue weighted by atomic mass is 35.5. The predicted molar refractivity (Wildman–Crippen MR) is 59.8 cm³/mol. The molecule has 0 aliphatic carbocycles. The molecule has 0 aliphatic heterocycles. The lowest BCUT2D eigenvalue weighted by molar-refractivity contribution is 0.131. The van der Waals surface area contributed by atoms with Gasteiger partial charge in [0, 0.05) is 5.56 Å². The highest BCUT2D eigenvalue weighted by Gasteiger charge is 2.12. The smallest absolute Gasteiger partial charge is 0.121 e. The normalized spacial score (nSPS) is 10.8. The maximum absolute atomic E-state index is 5.87. The summed E-state index contributed by atoms with van der Waals surface area (Å²) in [5.41, 5.74) is 0.438. The van der Waals surface area contributed by atoms with Crippen LogP contribution < -0.4 is 4.74 Å². The van der Waals surface area contributed by atoms with Gasteiger partial charge in [-0.2, -0.15) is 0 Å². The van der Waals surface area contributed by atoms with Gasteiger partial charge in [-0.1, -0.05) is 17.5 Å². The summed E-state index contributed by atoms with van der Waals surface area (Å²) in [6.45, 7) is 5.95. The molecular weight excluding hydrogens is 196 g/mol. The van der Waals surface area contributed by atoms with Crippen molar-refractivity contribution in [2.75, 3.05) is 0 Å². The Morgan fingerprint density at radius 3 is 2.50 bits per heavy atom. The summed E-state index contributed by atoms with van der Waals surface area (Å²) in [5, 5.41) is 0.578. The van der Waals surface area contributed by atoms with Crippen molar-refractivity contribution in [1.29, 1.82) is 0 Å². The van der Waals surface area contributed by atoms with Crippen LogP contribution in [0.25, 0.3) is 0 Å². The fourth-order valence-electron chi connectivity index (χ4n) is 1.03. The molecule has 0 fully saturated rings. The zero-order valence-corrected chi connectivity index (χ0v) is 9.35. The van der Waals surface area contributed by atoms with Crippen molar-refractivity contribution in [3.05, 3.63) is 28.8 Å². The second-order valence-corrected chi connectivity index (χ2v) is 4.41. The number of terminal acetylenes is 1. The third kappa shape index (κ3) is 2.97. The van der Waals surface area contributed by atoms with Gasteiger partial charge in [-0.05, 0) is 39.0 Å².